The third-order valence-corrected chi connectivity index (χ3v) is 7.14. The zero-order valence-corrected chi connectivity index (χ0v) is 20.1. The van der Waals surface area contributed by atoms with Crippen LogP contribution in [-0.4, -0.2) is 39.8 Å². The monoisotopic (exact) mass is 479 g/mol. The van der Waals surface area contributed by atoms with E-state index in [1.54, 1.807) is 6.07 Å². The molecule has 2 aromatic carbocycles. The van der Waals surface area contributed by atoms with Crippen LogP contribution in [0.1, 0.15) is 67.9 Å². The van der Waals surface area contributed by atoms with Crippen molar-refractivity contribution in [3.63, 3.8) is 0 Å². The second-order valence-electron chi connectivity index (χ2n) is 9.80. The van der Waals surface area contributed by atoms with E-state index in [1.165, 1.54) is 19.1 Å². The Morgan fingerprint density at radius 3 is 2.66 bits per heavy atom. The molecule has 2 fully saturated rings. The van der Waals surface area contributed by atoms with Gasteiger partial charge in [-0.2, -0.15) is 0 Å². The molecule has 1 saturated heterocycles. The lowest BCUT2D eigenvalue weighted by Crippen LogP contribution is -2.41. The molecule has 2 N–H and O–H groups in total. The van der Waals surface area contributed by atoms with Gasteiger partial charge in [0.25, 0.3) is 0 Å². The van der Waals surface area contributed by atoms with E-state index < -0.39 is 11.6 Å². The van der Waals surface area contributed by atoms with Crippen molar-refractivity contribution in [2.45, 2.75) is 63.5 Å². The van der Waals surface area contributed by atoms with E-state index >= 15 is 0 Å². The molecule has 184 valence electrons. The lowest BCUT2D eigenvalue weighted by Gasteiger charge is -2.36. The average Bonchev–Trinajstić information content (AvgIpc) is 3.59. The van der Waals surface area contributed by atoms with Crippen LogP contribution >= 0.6 is 0 Å². The first-order valence-corrected chi connectivity index (χ1v) is 12.4. The number of halogens is 2. The maximum absolute atomic E-state index is 14.1. The van der Waals surface area contributed by atoms with E-state index in [4.69, 9.17) is 5.10 Å². The summed E-state index contributed by atoms with van der Waals surface area (Å²) >= 11 is 0. The molecule has 0 bridgehead atoms. The van der Waals surface area contributed by atoms with Gasteiger partial charge in [0.1, 0.15) is 5.82 Å². The minimum atomic E-state index is -0.827. The number of hydrogen-bond donors (Lipinski definition) is 2. The molecule has 2 aliphatic rings. The van der Waals surface area contributed by atoms with Crippen LogP contribution in [0.25, 0.3) is 11.4 Å². The topological polar surface area (TPSA) is 71.8 Å². The molecule has 1 saturated carbocycles. The zero-order valence-electron chi connectivity index (χ0n) is 20.1. The molecule has 1 amide bonds. The van der Waals surface area contributed by atoms with Crippen molar-refractivity contribution in [3.8, 4) is 11.4 Å². The summed E-state index contributed by atoms with van der Waals surface area (Å²) < 4.78 is 30.1. The van der Waals surface area contributed by atoms with E-state index in [2.05, 4.69) is 39.4 Å². The summed E-state index contributed by atoms with van der Waals surface area (Å²) in [6, 6.07) is 13.0. The van der Waals surface area contributed by atoms with E-state index in [9.17, 15) is 13.6 Å². The molecular formula is C27H31F2N5O. The Morgan fingerprint density at radius 1 is 1.11 bits per heavy atom. The van der Waals surface area contributed by atoms with Crippen molar-refractivity contribution in [3.05, 3.63) is 71.1 Å². The van der Waals surface area contributed by atoms with Crippen molar-refractivity contribution >= 4 is 5.91 Å². The number of carbonyl (C=O) groups is 1. The molecule has 2 heterocycles. The van der Waals surface area contributed by atoms with Crippen LogP contribution in [-0.2, 0) is 11.2 Å². The third-order valence-electron chi connectivity index (χ3n) is 7.14. The van der Waals surface area contributed by atoms with Crippen LogP contribution in [0, 0.1) is 11.6 Å². The molecule has 35 heavy (non-hydrogen) atoms. The standard InChI is InChI=1S/C27H31F2N5O/c1-16-13-22(19-7-10-24(28)25(29)14-19)23(15-31-16)27-33-32-26(34(27)20-8-9-20)21-6-4-3-5-18(21)11-12-30-17(2)35/h3-7,10,14,16,20,22-23,31H,8-9,11-13,15H2,1-2H3,(H,30,35)/t16-,22+,23-/m0/s1. The largest absolute Gasteiger partial charge is 0.356 e. The minimum absolute atomic E-state index is 0.00547. The van der Waals surface area contributed by atoms with E-state index in [-0.39, 0.29) is 23.8 Å². The second-order valence-corrected chi connectivity index (χ2v) is 9.80. The molecule has 6 nitrogen and oxygen atoms in total. The molecule has 3 atom stereocenters. The van der Waals surface area contributed by atoms with Crippen LogP contribution in [0.2, 0.25) is 0 Å². The number of amides is 1. The number of rotatable bonds is 7. The lowest BCUT2D eigenvalue weighted by molar-refractivity contribution is -0.118. The fourth-order valence-electron chi connectivity index (χ4n) is 5.24. The molecule has 0 unspecified atom stereocenters. The van der Waals surface area contributed by atoms with Crippen LogP contribution in [0.4, 0.5) is 8.78 Å². The van der Waals surface area contributed by atoms with Crippen molar-refractivity contribution in [2.75, 3.05) is 13.1 Å². The number of benzene rings is 2. The molecule has 1 aliphatic heterocycles. The maximum atomic E-state index is 14.1. The number of piperidine rings is 1. The number of nitrogens with one attached hydrogen (secondary N) is 2. The summed E-state index contributed by atoms with van der Waals surface area (Å²) in [7, 11) is 0. The Hall–Kier alpha value is -3.13. The van der Waals surface area contributed by atoms with Gasteiger partial charge in [-0.1, -0.05) is 30.3 Å². The molecule has 1 aliphatic carbocycles. The van der Waals surface area contributed by atoms with E-state index in [0.29, 0.717) is 25.6 Å². The van der Waals surface area contributed by atoms with Crippen LogP contribution in [0.5, 0.6) is 0 Å². The lowest BCUT2D eigenvalue weighted by atomic mass is 9.78. The van der Waals surface area contributed by atoms with Crippen LogP contribution < -0.4 is 10.6 Å². The summed E-state index contributed by atoms with van der Waals surface area (Å²) in [4.78, 5) is 11.3. The first kappa shape index (κ1) is 23.6. The van der Waals surface area contributed by atoms with Gasteiger partial charge in [-0.05, 0) is 61.8 Å². The van der Waals surface area contributed by atoms with Gasteiger partial charge in [0.05, 0.1) is 0 Å². The van der Waals surface area contributed by atoms with Crippen molar-refractivity contribution in [2.24, 2.45) is 0 Å². The van der Waals surface area contributed by atoms with Gasteiger partial charge in [-0.25, -0.2) is 8.78 Å². The minimum Gasteiger partial charge on any atom is -0.356 e. The summed E-state index contributed by atoms with van der Waals surface area (Å²) in [6.07, 6.45) is 3.63. The van der Waals surface area contributed by atoms with Gasteiger partial charge in [0.2, 0.25) is 5.91 Å². The number of carbonyl (C=O) groups excluding carboxylic acids is 1. The number of aromatic nitrogens is 3. The smallest absolute Gasteiger partial charge is 0.216 e. The Morgan fingerprint density at radius 2 is 1.91 bits per heavy atom. The molecular weight excluding hydrogens is 448 g/mol. The molecule has 1 aromatic heterocycles. The van der Waals surface area contributed by atoms with Gasteiger partial charge < -0.3 is 15.2 Å². The summed E-state index contributed by atoms with van der Waals surface area (Å²) in [5.74, 6) is 0.0388. The van der Waals surface area contributed by atoms with Gasteiger partial charge in [0.15, 0.2) is 17.5 Å². The van der Waals surface area contributed by atoms with Gasteiger partial charge in [-0.15, -0.1) is 10.2 Å². The van der Waals surface area contributed by atoms with Crippen molar-refractivity contribution in [1.29, 1.82) is 0 Å². The normalized spacial score (nSPS) is 22.2. The predicted molar refractivity (Wildman–Crippen MR) is 130 cm³/mol. The fraction of sp³-hybridized carbons (Fsp3) is 0.444. The Labute approximate surface area is 204 Å². The molecule has 5 rings (SSSR count). The van der Waals surface area contributed by atoms with Crippen molar-refractivity contribution in [1.82, 2.24) is 25.4 Å². The maximum Gasteiger partial charge on any atom is 0.216 e. The first-order valence-electron chi connectivity index (χ1n) is 12.4. The molecule has 8 heteroatoms. The highest BCUT2D eigenvalue weighted by Crippen LogP contribution is 2.45. The van der Waals surface area contributed by atoms with Crippen LogP contribution in [0.15, 0.2) is 42.5 Å². The SMILES string of the molecule is CC(=O)NCCc1ccccc1-c1nnc([C@H]2CN[C@@H](C)C[C@@H]2c2ccc(F)c(F)c2)n1C1CC1. The molecule has 0 radical (unpaired) electrons. The van der Waals surface area contributed by atoms with Gasteiger partial charge in [-0.3, -0.25) is 4.79 Å². The Bertz CT molecular complexity index is 1220. The summed E-state index contributed by atoms with van der Waals surface area (Å²) in [5, 5.41) is 15.8. The van der Waals surface area contributed by atoms with E-state index in [1.807, 2.05) is 12.1 Å². The highest BCUT2D eigenvalue weighted by Gasteiger charge is 2.38. The molecule has 3 aromatic rings. The highest BCUT2D eigenvalue weighted by atomic mass is 19.2. The quantitative estimate of drug-likeness (QED) is 0.524. The summed E-state index contributed by atoms with van der Waals surface area (Å²) in [5.41, 5.74) is 2.92. The van der Waals surface area contributed by atoms with E-state index in [0.717, 1.165) is 47.6 Å². The second kappa shape index (κ2) is 9.85. The predicted octanol–water partition coefficient (Wildman–Crippen LogP) is 4.49. The number of hydrogen-bond acceptors (Lipinski definition) is 4. The highest BCUT2D eigenvalue weighted by molar-refractivity contribution is 5.72. The fourth-order valence-corrected chi connectivity index (χ4v) is 5.24. The van der Waals surface area contributed by atoms with Crippen LogP contribution in [0.3, 0.4) is 0 Å². The Kier molecular flexibility index (Phi) is 6.65. The Balaban J connectivity index is 1.53. The van der Waals surface area contributed by atoms with Crippen molar-refractivity contribution < 1.29 is 13.6 Å². The first-order chi connectivity index (χ1) is 16.9. The number of nitrogens with zero attached hydrogens (tertiary/aromatic N) is 3. The summed E-state index contributed by atoms with van der Waals surface area (Å²) in [6.45, 7) is 4.88. The average molecular weight is 480 g/mol. The zero-order chi connectivity index (χ0) is 24.5. The van der Waals surface area contributed by atoms with Gasteiger partial charge in [0, 0.05) is 43.6 Å². The van der Waals surface area contributed by atoms with Gasteiger partial charge >= 0.3 is 0 Å². The molecule has 0 spiro atoms. The third kappa shape index (κ3) is 4.98.